The third kappa shape index (κ3) is 3.10. The van der Waals surface area contributed by atoms with Gasteiger partial charge in [-0.25, -0.2) is 4.98 Å². The molecule has 4 rings (SSSR count). The van der Waals surface area contributed by atoms with Gasteiger partial charge in [0, 0.05) is 18.3 Å². The van der Waals surface area contributed by atoms with Crippen LogP contribution in [0.1, 0.15) is 26.4 Å². The molecule has 1 N–H and O–H groups in total. The highest BCUT2D eigenvalue weighted by Gasteiger charge is 2.32. The Labute approximate surface area is 154 Å². The lowest BCUT2D eigenvalue weighted by atomic mass is 10.1. The Bertz CT molecular complexity index is 1060. The lowest BCUT2D eigenvalue weighted by Gasteiger charge is -2.05. The third-order valence-electron chi connectivity index (χ3n) is 4.29. The maximum Gasteiger partial charge on any atom is 0.261 e. The first kappa shape index (κ1) is 16.7. The molecular weight excluding hydrogens is 346 g/mol. The van der Waals surface area contributed by atoms with Crippen molar-refractivity contribution in [2.45, 2.75) is 6.42 Å². The second-order valence-electron chi connectivity index (χ2n) is 6.16. The third-order valence-corrected chi connectivity index (χ3v) is 4.29. The van der Waals surface area contributed by atoms with Crippen molar-refractivity contribution in [2.75, 3.05) is 12.4 Å². The summed E-state index contributed by atoms with van der Waals surface area (Å²) in [5, 5.41) is 2.72. The summed E-state index contributed by atoms with van der Waals surface area (Å²) in [5.41, 5.74) is 2.40. The zero-order valence-corrected chi connectivity index (χ0v) is 14.4. The number of amides is 3. The van der Waals surface area contributed by atoms with E-state index in [1.54, 1.807) is 6.07 Å². The molecule has 0 bridgehead atoms. The molecule has 7 heteroatoms. The minimum absolute atomic E-state index is 0.0280. The molecule has 0 saturated carbocycles. The normalized spacial score (nSPS) is 13.0. The van der Waals surface area contributed by atoms with Gasteiger partial charge in [-0.2, -0.15) is 0 Å². The van der Waals surface area contributed by atoms with Crippen LogP contribution in [0.5, 0.6) is 0 Å². The van der Waals surface area contributed by atoms with Gasteiger partial charge in [-0.1, -0.05) is 18.2 Å². The van der Waals surface area contributed by atoms with Crippen LogP contribution in [0.3, 0.4) is 0 Å². The van der Waals surface area contributed by atoms with E-state index in [2.05, 4.69) is 10.3 Å². The highest BCUT2D eigenvalue weighted by atomic mass is 16.3. The molecule has 0 aliphatic carbocycles. The fourth-order valence-electron chi connectivity index (χ4n) is 2.91. The number of hydrogen-bond donors (Lipinski definition) is 1. The number of nitrogens with zero attached hydrogens (tertiary/aromatic N) is 2. The molecule has 0 fully saturated rings. The monoisotopic (exact) mass is 361 g/mol. The van der Waals surface area contributed by atoms with E-state index in [9.17, 15) is 14.4 Å². The quantitative estimate of drug-likeness (QED) is 0.722. The number of anilines is 1. The van der Waals surface area contributed by atoms with Gasteiger partial charge in [0.25, 0.3) is 11.8 Å². The Morgan fingerprint density at radius 1 is 1.07 bits per heavy atom. The van der Waals surface area contributed by atoms with Crippen LogP contribution < -0.4 is 5.32 Å². The minimum atomic E-state index is -0.380. The molecule has 134 valence electrons. The topological polar surface area (TPSA) is 92.5 Å². The second kappa shape index (κ2) is 6.53. The summed E-state index contributed by atoms with van der Waals surface area (Å²) in [6.45, 7) is 0. The molecule has 1 aromatic heterocycles. The van der Waals surface area contributed by atoms with Gasteiger partial charge in [-0.15, -0.1) is 0 Å². The van der Waals surface area contributed by atoms with Crippen molar-refractivity contribution in [1.82, 2.24) is 9.88 Å². The van der Waals surface area contributed by atoms with Crippen molar-refractivity contribution in [3.63, 3.8) is 0 Å². The SMILES string of the molecule is CN1C(=O)c2ccc(NC(=O)Cc3coc(-c4ccccc4)n3)cc2C1=O. The van der Waals surface area contributed by atoms with Crippen LogP contribution in [0, 0.1) is 0 Å². The van der Waals surface area contributed by atoms with Crippen LogP contribution in [0.2, 0.25) is 0 Å². The van der Waals surface area contributed by atoms with Gasteiger partial charge < -0.3 is 9.73 Å². The maximum absolute atomic E-state index is 12.3. The molecule has 2 heterocycles. The van der Waals surface area contributed by atoms with E-state index in [0.29, 0.717) is 22.8 Å². The molecule has 3 aromatic rings. The van der Waals surface area contributed by atoms with E-state index in [4.69, 9.17) is 4.42 Å². The zero-order valence-electron chi connectivity index (χ0n) is 14.4. The Morgan fingerprint density at radius 3 is 2.59 bits per heavy atom. The molecule has 1 aliphatic heterocycles. The van der Waals surface area contributed by atoms with Gasteiger partial charge in [0.1, 0.15) is 6.26 Å². The summed E-state index contributed by atoms with van der Waals surface area (Å²) < 4.78 is 5.42. The molecule has 3 amide bonds. The molecule has 1 aliphatic rings. The van der Waals surface area contributed by atoms with Crippen LogP contribution >= 0.6 is 0 Å². The van der Waals surface area contributed by atoms with Crippen molar-refractivity contribution >= 4 is 23.4 Å². The first-order valence-corrected chi connectivity index (χ1v) is 8.29. The standard InChI is InChI=1S/C20H15N3O4/c1-23-19(25)15-8-7-13(9-16(15)20(23)26)21-17(24)10-14-11-27-18(22-14)12-5-3-2-4-6-12/h2-9,11H,10H2,1H3,(H,21,24). The van der Waals surface area contributed by atoms with Crippen molar-refractivity contribution in [1.29, 1.82) is 0 Å². The van der Waals surface area contributed by atoms with Crippen LogP contribution in [-0.4, -0.2) is 34.7 Å². The highest BCUT2D eigenvalue weighted by Crippen LogP contribution is 2.25. The summed E-state index contributed by atoms with van der Waals surface area (Å²) in [7, 11) is 1.43. The van der Waals surface area contributed by atoms with Gasteiger partial charge in [-0.3, -0.25) is 19.3 Å². The number of carbonyl (C=O) groups excluding carboxylic acids is 3. The number of imide groups is 1. The molecule has 2 aromatic carbocycles. The minimum Gasteiger partial charge on any atom is -0.444 e. The number of carbonyl (C=O) groups is 3. The van der Waals surface area contributed by atoms with E-state index >= 15 is 0 Å². The largest absolute Gasteiger partial charge is 0.444 e. The first-order chi connectivity index (χ1) is 13.0. The number of aromatic nitrogens is 1. The first-order valence-electron chi connectivity index (χ1n) is 8.29. The Balaban J connectivity index is 1.46. The second-order valence-corrected chi connectivity index (χ2v) is 6.16. The van der Waals surface area contributed by atoms with Crippen molar-refractivity contribution in [2.24, 2.45) is 0 Å². The number of fused-ring (bicyclic) bond motifs is 1. The van der Waals surface area contributed by atoms with Crippen molar-refractivity contribution < 1.29 is 18.8 Å². The average molecular weight is 361 g/mol. The number of hydrogen-bond acceptors (Lipinski definition) is 5. The van der Waals surface area contributed by atoms with E-state index in [1.807, 2.05) is 30.3 Å². The summed E-state index contributed by atoms with van der Waals surface area (Å²) in [6, 6.07) is 14.0. The fraction of sp³-hybridized carbons (Fsp3) is 0.100. The summed E-state index contributed by atoms with van der Waals surface area (Å²) in [4.78, 5) is 41.6. The van der Waals surface area contributed by atoms with Crippen molar-refractivity contribution in [3.8, 4) is 11.5 Å². The smallest absolute Gasteiger partial charge is 0.261 e. The molecule has 0 spiro atoms. The highest BCUT2D eigenvalue weighted by molar-refractivity contribution is 6.21. The van der Waals surface area contributed by atoms with E-state index in [0.717, 1.165) is 10.5 Å². The Morgan fingerprint density at radius 2 is 1.81 bits per heavy atom. The van der Waals surface area contributed by atoms with Crippen LogP contribution in [0.15, 0.2) is 59.2 Å². The van der Waals surface area contributed by atoms with Gasteiger partial charge in [0.2, 0.25) is 11.8 Å². The average Bonchev–Trinajstić information content (AvgIpc) is 3.22. The number of benzene rings is 2. The van der Waals surface area contributed by atoms with E-state index in [1.165, 1.54) is 25.4 Å². The molecular formula is C20H15N3O4. The molecule has 0 radical (unpaired) electrons. The van der Waals surface area contributed by atoms with E-state index < -0.39 is 0 Å². The molecule has 0 atom stereocenters. The molecule has 0 unspecified atom stereocenters. The van der Waals surface area contributed by atoms with Crippen LogP contribution in [-0.2, 0) is 11.2 Å². The maximum atomic E-state index is 12.3. The zero-order chi connectivity index (χ0) is 19.0. The fourth-order valence-corrected chi connectivity index (χ4v) is 2.91. The summed E-state index contributed by atoms with van der Waals surface area (Å²) in [6.07, 6.45) is 1.47. The summed E-state index contributed by atoms with van der Waals surface area (Å²) in [5.74, 6) is -0.574. The predicted octanol–water partition coefficient (Wildman–Crippen LogP) is 2.75. The molecule has 7 nitrogen and oxygen atoms in total. The number of nitrogens with one attached hydrogen (secondary N) is 1. The Kier molecular flexibility index (Phi) is 4.04. The van der Waals surface area contributed by atoms with E-state index in [-0.39, 0.29) is 29.7 Å². The van der Waals surface area contributed by atoms with Gasteiger partial charge >= 0.3 is 0 Å². The molecule has 0 saturated heterocycles. The molecule has 27 heavy (non-hydrogen) atoms. The van der Waals surface area contributed by atoms with Gasteiger partial charge in [0.05, 0.1) is 23.2 Å². The van der Waals surface area contributed by atoms with Gasteiger partial charge in [-0.05, 0) is 30.3 Å². The Hall–Kier alpha value is -3.74. The lowest BCUT2D eigenvalue weighted by molar-refractivity contribution is -0.115. The summed E-state index contributed by atoms with van der Waals surface area (Å²) >= 11 is 0. The lowest BCUT2D eigenvalue weighted by Crippen LogP contribution is -2.24. The van der Waals surface area contributed by atoms with Crippen molar-refractivity contribution in [3.05, 3.63) is 71.6 Å². The van der Waals surface area contributed by atoms with Crippen LogP contribution in [0.4, 0.5) is 5.69 Å². The number of rotatable bonds is 4. The number of oxazole rings is 1. The van der Waals surface area contributed by atoms with Gasteiger partial charge in [0.15, 0.2) is 0 Å². The van der Waals surface area contributed by atoms with Crippen LogP contribution in [0.25, 0.3) is 11.5 Å². The predicted molar refractivity (Wildman–Crippen MR) is 97.1 cm³/mol.